The molecule has 0 spiro atoms. The van der Waals surface area contributed by atoms with Gasteiger partial charge in [0.2, 0.25) is 0 Å². The summed E-state index contributed by atoms with van der Waals surface area (Å²) in [5, 5.41) is 1.78. The van der Waals surface area contributed by atoms with E-state index in [0.717, 1.165) is 19.3 Å². The smallest absolute Gasteiger partial charge is 0.207 e. The molecule has 1 aromatic heterocycles. The Labute approximate surface area is 115 Å². The molecular weight excluding hydrogens is 322 g/mol. The number of thiophene rings is 1. The summed E-state index contributed by atoms with van der Waals surface area (Å²) in [6.45, 7) is 4.37. The summed E-state index contributed by atoms with van der Waals surface area (Å²) in [5.41, 5.74) is 0.250. The van der Waals surface area contributed by atoms with Crippen LogP contribution in [0.3, 0.4) is 0 Å². The first-order valence-electron chi connectivity index (χ1n) is 5.55. The topological polar surface area (TPSA) is 46.2 Å². The van der Waals surface area contributed by atoms with E-state index in [2.05, 4.69) is 34.5 Å². The number of hydrogen-bond acceptors (Lipinski definition) is 3. The fraction of sp³-hybridized carbons (Fsp3) is 0.636. The summed E-state index contributed by atoms with van der Waals surface area (Å²) in [7, 11) is -3.36. The first-order valence-corrected chi connectivity index (χ1v) is 8.71. The van der Waals surface area contributed by atoms with Gasteiger partial charge in [0.05, 0.1) is 0 Å². The quantitative estimate of drug-likeness (QED) is 0.918. The van der Waals surface area contributed by atoms with Gasteiger partial charge >= 0.3 is 0 Å². The third kappa shape index (κ3) is 3.10. The SMILES string of the molecule is CC1(C)CCC(NS(=O)(=O)c2sccc2Br)C1. The molecule has 0 amide bonds. The Balaban J connectivity index is 2.12. The van der Waals surface area contributed by atoms with Crippen LogP contribution in [0.5, 0.6) is 0 Å². The Morgan fingerprint density at radius 3 is 2.71 bits per heavy atom. The van der Waals surface area contributed by atoms with Gasteiger partial charge in [-0.3, -0.25) is 0 Å². The van der Waals surface area contributed by atoms with E-state index >= 15 is 0 Å². The molecule has 1 unspecified atom stereocenters. The molecule has 17 heavy (non-hydrogen) atoms. The average Bonchev–Trinajstić information content (AvgIpc) is 2.72. The second kappa shape index (κ2) is 4.64. The highest BCUT2D eigenvalue weighted by Gasteiger charge is 2.34. The Bertz CT molecular complexity index is 507. The lowest BCUT2D eigenvalue weighted by molar-refractivity contribution is 0.372. The second-order valence-corrected chi connectivity index (χ2v) is 8.96. The van der Waals surface area contributed by atoms with Crippen LogP contribution in [-0.4, -0.2) is 14.5 Å². The largest absolute Gasteiger partial charge is 0.251 e. The standard InChI is InChI=1S/C11H16BrNO2S2/c1-11(2)5-3-8(7-11)13-17(14,15)10-9(12)4-6-16-10/h4,6,8,13H,3,5,7H2,1-2H3. The predicted octanol–water partition coefficient (Wildman–Crippen LogP) is 3.37. The zero-order chi connectivity index (χ0) is 12.7. The van der Waals surface area contributed by atoms with Gasteiger partial charge in [0.15, 0.2) is 0 Å². The van der Waals surface area contributed by atoms with E-state index in [-0.39, 0.29) is 11.5 Å². The van der Waals surface area contributed by atoms with Crippen molar-refractivity contribution in [3.05, 3.63) is 15.9 Å². The molecule has 3 nitrogen and oxygen atoms in total. The fourth-order valence-corrected chi connectivity index (χ4v) is 5.91. The lowest BCUT2D eigenvalue weighted by atomic mass is 9.92. The van der Waals surface area contributed by atoms with Gasteiger partial charge in [-0.25, -0.2) is 13.1 Å². The van der Waals surface area contributed by atoms with Gasteiger partial charge in [0.1, 0.15) is 4.21 Å². The number of nitrogens with one attached hydrogen (secondary N) is 1. The van der Waals surface area contributed by atoms with Crippen molar-refractivity contribution < 1.29 is 8.42 Å². The van der Waals surface area contributed by atoms with Crippen molar-refractivity contribution >= 4 is 37.3 Å². The second-order valence-electron chi connectivity index (χ2n) is 5.28. The van der Waals surface area contributed by atoms with Crippen LogP contribution in [0, 0.1) is 5.41 Å². The summed E-state index contributed by atoms with van der Waals surface area (Å²) < 4.78 is 28.1. The Hall–Kier alpha value is 0.0900. The van der Waals surface area contributed by atoms with Crippen LogP contribution in [0.1, 0.15) is 33.1 Å². The molecule has 0 bridgehead atoms. The molecule has 1 aliphatic rings. The summed E-state index contributed by atoms with van der Waals surface area (Å²) in [6, 6.07) is 1.83. The first kappa shape index (κ1) is 13.5. The maximum Gasteiger partial charge on any atom is 0.251 e. The van der Waals surface area contributed by atoms with Crippen LogP contribution in [0.4, 0.5) is 0 Å². The van der Waals surface area contributed by atoms with Gasteiger partial charge in [-0.2, -0.15) is 0 Å². The molecule has 6 heteroatoms. The van der Waals surface area contributed by atoms with Crippen LogP contribution in [0.25, 0.3) is 0 Å². The summed E-state index contributed by atoms with van der Waals surface area (Å²) in [4.78, 5) is 0. The number of hydrogen-bond donors (Lipinski definition) is 1. The number of sulfonamides is 1. The highest BCUT2D eigenvalue weighted by molar-refractivity contribution is 9.10. The molecule has 96 valence electrons. The Morgan fingerprint density at radius 2 is 2.24 bits per heavy atom. The molecule has 0 aliphatic heterocycles. The van der Waals surface area contributed by atoms with Gasteiger partial charge in [-0.05, 0) is 52.1 Å². The summed E-state index contributed by atoms with van der Waals surface area (Å²) in [5.74, 6) is 0. The van der Waals surface area contributed by atoms with Gasteiger partial charge in [0.25, 0.3) is 10.0 Å². The third-order valence-corrected chi connectivity index (χ3v) is 7.31. The van der Waals surface area contributed by atoms with Crippen molar-refractivity contribution in [1.29, 1.82) is 0 Å². The van der Waals surface area contributed by atoms with Crippen molar-refractivity contribution in [2.24, 2.45) is 5.41 Å². The van der Waals surface area contributed by atoms with Crippen molar-refractivity contribution in [3.8, 4) is 0 Å². The van der Waals surface area contributed by atoms with Gasteiger partial charge in [0, 0.05) is 10.5 Å². The molecular formula is C11H16BrNO2S2. The van der Waals surface area contributed by atoms with E-state index < -0.39 is 10.0 Å². The van der Waals surface area contributed by atoms with Crippen molar-refractivity contribution in [2.45, 2.75) is 43.4 Å². The Morgan fingerprint density at radius 1 is 1.53 bits per heavy atom. The van der Waals surface area contributed by atoms with E-state index in [0.29, 0.717) is 8.68 Å². The molecule has 0 radical (unpaired) electrons. The van der Waals surface area contributed by atoms with Gasteiger partial charge in [-0.15, -0.1) is 11.3 Å². The van der Waals surface area contributed by atoms with Crippen molar-refractivity contribution in [3.63, 3.8) is 0 Å². The zero-order valence-electron chi connectivity index (χ0n) is 9.86. The minimum atomic E-state index is -3.36. The maximum atomic E-state index is 12.2. The summed E-state index contributed by atoms with van der Waals surface area (Å²) >= 11 is 4.51. The lowest BCUT2D eigenvalue weighted by Gasteiger charge is -2.17. The molecule has 1 aromatic rings. The maximum absolute atomic E-state index is 12.2. The summed E-state index contributed by atoms with van der Waals surface area (Å²) in [6.07, 6.45) is 2.91. The minimum Gasteiger partial charge on any atom is -0.207 e. The van der Waals surface area contributed by atoms with Crippen LogP contribution in [-0.2, 0) is 10.0 Å². The molecule has 0 aromatic carbocycles. The van der Waals surface area contributed by atoms with Crippen LogP contribution >= 0.6 is 27.3 Å². The highest BCUT2D eigenvalue weighted by Crippen LogP contribution is 2.38. The van der Waals surface area contributed by atoms with Crippen molar-refractivity contribution in [2.75, 3.05) is 0 Å². The molecule has 2 rings (SSSR count). The molecule has 1 aliphatic carbocycles. The Kier molecular flexibility index (Phi) is 3.69. The highest BCUT2D eigenvalue weighted by atomic mass is 79.9. The molecule has 1 N–H and O–H groups in total. The number of halogens is 1. The molecule has 1 atom stereocenters. The zero-order valence-corrected chi connectivity index (χ0v) is 13.1. The van der Waals surface area contributed by atoms with Crippen LogP contribution in [0.15, 0.2) is 20.1 Å². The van der Waals surface area contributed by atoms with E-state index in [1.54, 1.807) is 11.4 Å². The van der Waals surface area contributed by atoms with Gasteiger partial charge < -0.3 is 0 Å². The molecule has 0 saturated heterocycles. The molecule has 1 fully saturated rings. The van der Waals surface area contributed by atoms with Gasteiger partial charge in [-0.1, -0.05) is 13.8 Å². The fourth-order valence-electron chi connectivity index (χ4n) is 2.28. The van der Waals surface area contributed by atoms with E-state index in [9.17, 15) is 8.42 Å². The normalized spacial score (nSPS) is 24.1. The lowest BCUT2D eigenvalue weighted by Crippen LogP contribution is -2.33. The first-order chi connectivity index (χ1) is 7.80. The third-order valence-electron chi connectivity index (χ3n) is 3.12. The average molecular weight is 338 g/mol. The monoisotopic (exact) mass is 337 g/mol. The van der Waals surface area contributed by atoms with Crippen LogP contribution in [0.2, 0.25) is 0 Å². The van der Waals surface area contributed by atoms with Crippen LogP contribution < -0.4 is 4.72 Å². The molecule has 1 heterocycles. The van der Waals surface area contributed by atoms with E-state index in [1.165, 1.54) is 11.3 Å². The minimum absolute atomic E-state index is 0.0731. The van der Waals surface area contributed by atoms with E-state index in [4.69, 9.17) is 0 Å². The molecule has 1 saturated carbocycles. The van der Waals surface area contributed by atoms with E-state index in [1.807, 2.05) is 0 Å². The predicted molar refractivity (Wildman–Crippen MR) is 73.8 cm³/mol. The van der Waals surface area contributed by atoms with Crippen molar-refractivity contribution in [1.82, 2.24) is 4.72 Å². The number of rotatable bonds is 3.